The number of aromatic nitrogens is 6. The molecule has 0 unspecified atom stereocenters. The lowest BCUT2D eigenvalue weighted by molar-refractivity contribution is 0.0692. The number of fused-ring (bicyclic) bond motifs is 1. The topological polar surface area (TPSA) is 92.4 Å². The first-order valence-electron chi connectivity index (χ1n) is 7.61. The number of hydrogen-bond acceptors (Lipinski definition) is 7. The quantitative estimate of drug-likeness (QED) is 0.678. The highest BCUT2D eigenvalue weighted by molar-refractivity contribution is 5.90. The zero-order valence-electron chi connectivity index (χ0n) is 13.4. The average molecular weight is 324 g/mol. The Hall–Kier alpha value is -3.10. The number of rotatable bonds is 3. The molecule has 0 saturated carbocycles. The lowest BCUT2D eigenvalue weighted by atomic mass is 10.1. The molecule has 1 aliphatic heterocycles. The maximum Gasteiger partial charge on any atom is 0.291 e. The highest BCUT2D eigenvalue weighted by atomic mass is 16.2. The molecule has 1 saturated heterocycles. The maximum absolute atomic E-state index is 12.4. The highest BCUT2D eigenvalue weighted by Gasteiger charge is 2.34. The molecule has 0 aliphatic carbocycles. The Kier molecular flexibility index (Phi) is 3.33. The first-order chi connectivity index (χ1) is 11.6. The molecule has 0 N–H and O–H groups in total. The van der Waals surface area contributed by atoms with Crippen LogP contribution in [-0.2, 0) is 0 Å². The third kappa shape index (κ3) is 2.34. The molecule has 122 valence electrons. The van der Waals surface area contributed by atoms with Gasteiger partial charge >= 0.3 is 0 Å². The standard InChI is InChI=1S/C15H16N8O/c1-10-18-19-12-4-5-13(20-23(10)12)22-8-11(9-22)21(2)15(24)14-16-6-3-7-17-14/h3-7,11H,8-9H2,1-2H3. The summed E-state index contributed by atoms with van der Waals surface area (Å²) in [7, 11) is 1.78. The summed E-state index contributed by atoms with van der Waals surface area (Å²) < 4.78 is 1.72. The molecular weight excluding hydrogens is 308 g/mol. The van der Waals surface area contributed by atoms with Gasteiger partial charge in [-0.15, -0.1) is 15.3 Å². The summed E-state index contributed by atoms with van der Waals surface area (Å²) in [5, 5.41) is 12.6. The number of aryl methyl sites for hydroxylation is 1. The Labute approximate surface area is 138 Å². The molecule has 1 fully saturated rings. The van der Waals surface area contributed by atoms with Crippen LogP contribution in [-0.4, -0.2) is 66.8 Å². The Morgan fingerprint density at radius 2 is 1.96 bits per heavy atom. The van der Waals surface area contributed by atoms with Crippen molar-refractivity contribution in [2.45, 2.75) is 13.0 Å². The van der Waals surface area contributed by atoms with Gasteiger partial charge in [-0.3, -0.25) is 4.79 Å². The molecule has 24 heavy (non-hydrogen) atoms. The minimum Gasteiger partial charge on any atom is -0.351 e. The number of anilines is 1. The van der Waals surface area contributed by atoms with Gasteiger partial charge in [-0.2, -0.15) is 4.52 Å². The predicted molar refractivity (Wildman–Crippen MR) is 85.6 cm³/mol. The number of hydrogen-bond donors (Lipinski definition) is 0. The van der Waals surface area contributed by atoms with Gasteiger partial charge in [0.05, 0.1) is 6.04 Å². The van der Waals surface area contributed by atoms with Gasteiger partial charge in [-0.25, -0.2) is 9.97 Å². The summed E-state index contributed by atoms with van der Waals surface area (Å²) in [5.41, 5.74) is 0.724. The van der Waals surface area contributed by atoms with Crippen molar-refractivity contribution in [3.63, 3.8) is 0 Å². The second-order valence-electron chi connectivity index (χ2n) is 5.76. The summed E-state index contributed by atoms with van der Waals surface area (Å²) in [6.07, 6.45) is 3.14. The molecule has 0 aromatic carbocycles. The van der Waals surface area contributed by atoms with Crippen molar-refractivity contribution in [2.24, 2.45) is 0 Å². The minimum atomic E-state index is -0.168. The maximum atomic E-state index is 12.4. The Morgan fingerprint density at radius 3 is 2.71 bits per heavy atom. The van der Waals surface area contributed by atoms with Gasteiger partial charge in [-0.1, -0.05) is 0 Å². The molecule has 4 rings (SSSR count). The fourth-order valence-corrected chi connectivity index (χ4v) is 2.68. The van der Waals surface area contributed by atoms with Crippen molar-refractivity contribution in [3.05, 3.63) is 42.2 Å². The molecule has 4 heterocycles. The van der Waals surface area contributed by atoms with Crippen LogP contribution in [0.2, 0.25) is 0 Å². The van der Waals surface area contributed by atoms with E-state index in [2.05, 4.69) is 30.2 Å². The van der Waals surface area contributed by atoms with Crippen LogP contribution >= 0.6 is 0 Å². The van der Waals surface area contributed by atoms with Gasteiger partial charge in [0.25, 0.3) is 5.91 Å². The third-order valence-corrected chi connectivity index (χ3v) is 4.22. The first kappa shape index (κ1) is 14.5. The van der Waals surface area contributed by atoms with E-state index < -0.39 is 0 Å². The SMILES string of the molecule is Cc1nnc2ccc(N3CC(N(C)C(=O)c4ncccn4)C3)nn12. The van der Waals surface area contributed by atoms with E-state index in [1.807, 2.05) is 19.1 Å². The van der Waals surface area contributed by atoms with Gasteiger partial charge in [0.1, 0.15) is 5.82 Å². The lowest BCUT2D eigenvalue weighted by Crippen LogP contribution is -2.60. The fraction of sp³-hybridized carbons (Fsp3) is 0.333. The van der Waals surface area contributed by atoms with Crippen LogP contribution < -0.4 is 4.90 Å². The molecule has 9 nitrogen and oxygen atoms in total. The monoisotopic (exact) mass is 324 g/mol. The molecule has 0 bridgehead atoms. The first-order valence-corrected chi connectivity index (χ1v) is 7.61. The van der Waals surface area contributed by atoms with E-state index in [1.165, 1.54) is 0 Å². The molecule has 1 aliphatic rings. The Bertz CT molecular complexity index is 887. The summed E-state index contributed by atoms with van der Waals surface area (Å²) >= 11 is 0. The van der Waals surface area contributed by atoms with Crippen molar-refractivity contribution in [3.8, 4) is 0 Å². The van der Waals surface area contributed by atoms with Gasteiger partial charge < -0.3 is 9.80 Å². The summed E-state index contributed by atoms with van der Waals surface area (Å²) in [5.74, 6) is 1.65. The van der Waals surface area contributed by atoms with Crippen LogP contribution in [0.1, 0.15) is 16.4 Å². The van der Waals surface area contributed by atoms with Crippen LogP contribution in [0, 0.1) is 6.92 Å². The van der Waals surface area contributed by atoms with E-state index in [4.69, 9.17) is 0 Å². The third-order valence-electron chi connectivity index (χ3n) is 4.22. The fourth-order valence-electron chi connectivity index (χ4n) is 2.68. The normalized spacial score (nSPS) is 14.7. The van der Waals surface area contributed by atoms with Crippen molar-refractivity contribution in [2.75, 3.05) is 25.0 Å². The molecule has 9 heteroatoms. The molecule has 0 spiro atoms. The van der Waals surface area contributed by atoms with Crippen LogP contribution in [0.5, 0.6) is 0 Å². The number of nitrogens with zero attached hydrogens (tertiary/aromatic N) is 8. The van der Waals surface area contributed by atoms with Gasteiger partial charge in [-0.05, 0) is 25.1 Å². The predicted octanol–water partition coefficient (Wildman–Crippen LogP) is 0.184. The van der Waals surface area contributed by atoms with Crippen molar-refractivity contribution in [1.29, 1.82) is 0 Å². The summed E-state index contributed by atoms with van der Waals surface area (Å²) in [6.45, 7) is 3.30. The van der Waals surface area contributed by atoms with Crippen molar-refractivity contribution < 1.29 is 4.79 Å². The molecule has 0 radical (unpaired) electrons. The van der Waals surface area contributed by atoms with E-state index in [0.717, 1.165) is 30.4 Å². The molecule has 3 aromatic rings. The molecular formula is C15H16N8O. The van der Waals surface area contributed by atoms with Crippen molar-refractivity contribution >= 4 is 17.4 Å². The van der Waals surface area contributed by atoms with Crippen LogP contribution in [0.4, 0.5) is 5.82 Å². The van der Waals surface area contributed by atoms with Crippen LogP contribution in [0.3, 0.4) is 0 Å². The number of carbonyl (C=O) groups is 1. The second kappa shape index (κ2) is 5.52. The Morgan fingerprint density at radius 1 is 1.21 bits per heavy atom. The number of carbonyl (C=O) groups excluding carboxylic acids is 1. The van der Waals surface area contributed by atoms with Crippen molar-refractivity contribution in [1.82, 2.24) is 34.7 Å². The van der Waals surface area contributed by atoms with Gasteiger partial charge in [0.2, 0.25) is 5.82 Å². The van der Waals surface area contributed by atoms with E-state index >= 15 is 0 Å². The largest absolute Gasteiger partial charge is 0.351 e. The second-order valence-corrected chi connectivity index (χ2v) is 5.76. The van der Waals surface area contributed by atoms with E-state index in [1.54, 1.807) is 34.9 Å². The van der Waals surface area contributed by atoms with Crippen LogP contribution in [0.15, 0.2) is 30.6 Å². The number of amides is 1. The molecule has 0 atom stereocenters. The highest BCUT2D eigenvalue weighted by Crippen LogP contribution is 2.22. The van der Waals surface area contributed by atoms with Gasteiger partial charge in [0, 0.05) is 32.5 Å². The minimum absolute atomic E-state index is 0.112. The van der Waals surface area contributed by atoms with E-state index in [-0.39, 0.29) is 17.8 Å². The van der Waals surface area contributed by atoms with Gasteiger partial charge in [0.15, 0.2) is 11.5 Å². The average Bonchev–Trinajstić information content (AvgIpc) is 2.94. The van der Waals surface area contributed by atoms with E-state index in [0.29, 0.717) is 0 Å². The zero-order valence-corrected chi connectivity index (χ0v) is 13.4. The Balaban J connectivity index is 1.45. The smallest absolute Gasteiger partial charge is 0.291 e. The lowest BCUT2D eigenvalue weighted by Gasteiger charge is -2.44. The van der Waals surface area contributed by atoms with Crippen LogP contribution in [0.25, 0.3) is 5.65 Å². The molecule has 1 amide bonds. The molecule has 3 aromatic heterocycles. The van der Waals surface area contributed by atoms with E-state index in [9.17, 15) is 4.79 Å². The number of likely N-dealkylation sites (N-methyl/N-ethyl adjacent to an activating group) is 1. The summed E-state index contributed by atoms with van der Waals surface area (Å²) in [6, 6.07) is 5.61. The zero-order chi connectivity index (χ0) is 16.7. The summed E-state index contributed by atoms with van der Waals surface area (Å²) in [4.78, 5) is 24.2.